The van der Waals surface area contributed by atoms with Crippen molar-refractivity contribution in [2.45, 2.75) is 23.3 Å². The maximum absolute atomic E-state index is 13.4. The lowest BCUT2D eigenvalue weighted by Gasteiger charge is -2.22. The Morgan fingerprint density at radius 3 is 2.13 bits per heavy atom. The molecule has 0 unspecified atom stereocenters. The summed E-state index contributed by atoms with van der Waals surface area (Å²) in [6.45, 7) is 2.43. The van der Waals surface area contributed by atoms with Crippen LogP contribution in [0.15, 0.2) is 58.6 Å². The second-order valence-electron chi connectivity index (χ2n) is 7.38. The number of imidazole rings is 1. The lowest BCUT2D eigenvalue weighted by molar-refractivity contribution is 0.404. The van der Waals surface area contributed by atoms with Gasteiger partial charge in [0.05, 0.1) is 4.90 Å². The van der Waals surface area contributed by atoms with Crippen molar-refractivity contribution in [3.63, 3.8) is 0 Å². The highest BCUT2D eigenvalue weighted by Crippen LogP contribution is 2.27. The van der Waals surface area contributed by atoms with Crippen molar-refractivity contribution < 1.29 is 16.8 Å². The maximum Gasteiger partial charge on any atom is 0.262 e. The van der Waals surface area contributed by atoms with Gasteiger partial charge in [-0.15, -0.1) is 0 Å². The van der Waals surface area contributed by atoms with Gasteiger partial charge in [0.25, 0.3) is 10.0 Å². The summed E-state index contributed by atoms with van der Waals surface area (Å²) < 4.78 is 57.1. The predicted molar refractivity (Wildman–Crippen MR) is 114 cm³/mol. The Morgan fingerprint density at radius 1 is 0.833 bits per heavy atom. The Labute approximate surface area is 176 Å². The number of benzene rings is 2. The highest BCUT2D eigenvalue weighted by Gasteiger charge is 2.33. The fraction of sp³-hybridized carbons (Fsp3) is 0.350. The van der Waals surface area contributed by atoms with Gasteiger partial charge in [-0.25, -0.2) is 21.8 Å². The van der Waals surface area contributed by atoms with Gasteiger partial charge >= 0.3 is 0 Å². The number of aromatic nitrogens is 2. The molecule has 1 aliphatic rings. The van der Waals surface area contributed by atoms with Crippen LogP contribution in [0.3, 0.4) is 0 Å². The highest BCUT2D eigenvalue weighted by molar-refractivity contribution is 7.89. The topological polar surface area (TPSA) is 92.6 Å². The molecule has 0 aliphatic carbocycles. The predicted octanol–water partition coefficient (Wildman–Crippen LogP) is 1.97. The standard InChI is InChI=1S/C20H24N4O4S2/c1-16-21-20(15-22(16)2)30(27,28)24-12-6-11-23(13-14-24)29(25,26)19-10-5-8-17-7-3-4-9-18(17)19/h3-5,7-10,15H,6,11-14H2,1-2H3. The number of nitrogens with zero attached hydrogens (tertiary/aromatic N) is 4. The van der Waals surface area contributed by atoms with Crippen LogP contribution in [-0.2, 0) is 27.1 Å². The van der Waals surface area contributed by atoms with Crippen molar-refractivity contribution in [2.24, 2.45) is 7.05 Å². The van der Waals surface area contributed by atoms with Gasteiger partial charge in [-0.3, -0.25) is 0 Å². The maximum atomic E-state index is 13.4. The highest BCUT2D eigenvalue weighted by atomic mass is 32.2. The number of hydrogen-bond donors (Lipinski definition) is 0. The summed E-state index contributed by atoms with van der Waals surface area (Å²) in [5.74, 6) is 0.601. The van der Waals surface area contributed by atoms with E-state index in [-0.39, 0.29) is 36.1 Å². The molecule has 0 amide bonds. The Balaban J connectivity index is 1.61. The molecule has 0 atom stereocenters. The minimum Gasteiger partial charge on any atom is -0.337 e. The van der Waals surface area contributed by atoms with Gasteiger partial charge in [0.2, 0.25) is 10.0 Å². The van der Waals surface area contributed by atoms with Gasteiger partial charge in [-0.05, 0) is 24.8 Å². The summed E-state index contributed by atoms with van der Waals surface area (Å²) in [6.07, 6.45) is 1.90. The van der Waals surface area contributed by atoms with E-state index in [9.17, 15) is 16.8 Å². The fourth-order valence-corrected chi connectivity index (χ4v) is 6.87. The zero-order chi connectivity index (χ0) is 21.5. The first-order valence-electron chi connectivity index (χ1n) is 9.69. The van der Waals surface area contributed by atoms with Crippen LogP contribution in [-0.4, -0.2) is 61.2 Å². The lowest BCUT2D eigenvalue weighted by Crippen LogP contribution is -2.37. The zero-order valence-electron chi connectivity index (χ0n) is 16.9. The molecule has 0 radical (unpaired) electrons. The van der Waals surface area contributed by atoms with Crippen LogP contribution in [0.25, 0.3) is 10.8 Å². The van der Waals surface area contributed by atoms with Gasteiger partial charge < -0.3 is 4.57 Å². The quantitative estimate of drug-likeness (QED) is 0.608. The number of hydrogen-bond acceptors (Lipinski definition) is 5. The van der Waals surface area contributed by atoms with Crippen molar-refractivity contribution in [3.05, 3.63) is 54.5 Å². The van der Waals surface area contributed by atoms with E-state index in [4.69, 9.17) is 0 Å². The summed E-state index contributed by atoms with van der Waals surface area (Å²) in [4.78, 5) is 4.39. The average molecular weight is 449 g/mol. The molecular formula is C20H24N4O4S2. The van der Waals surface area contributed by atoms with E-state index < -0.39 is 20.0 Å². The first-order chi connectivity index (χ1) is 14.2. The SMILES string of the molecule is Cc1nc(S(=O)(=O)N2CCCN(S(=O)(=O)c3cccc4ccccc34)CC2)cn1C. The molecule has 0 bridgehead atoms. The van der Waals surface area contributed by atoms with E-state index in [1.807, 2.05) is 24.3 Å². The van der Waals surface area contributed by atoms with Crippen LogP contribution < -0.4 is 0 Å². The first kappa shape index (κ1) is 21.0. The van der Waals surface area contributed by atoms with Gasteiger partial charge in [0.15, 0.2) is 5.03 Å². The van der Waals surface area contributed by atoms with Crippen molar-refractivity contribution in [2.75, 3.05) is 26.2 Å². The van der Waals surface area contributed by atoms with Crippen molar-refractivity contribution in [1.29, 1.82) is 0 Å². The molecule has 30 heavy (non-hydrogen) atoms. The number of fused-ring (bicyclic) bond motifs is 1. The Morgan fingerprint density at radius 2 is 1.47 bits per heavy atom. The molecule has 0 saturated carbocycles. The van der Waals surface area contributed by atoms with Crippen LogP contribution in [0.1, 0.15) is 12.2 Å². The zero-order valence-corrected chi connectivity index (χ0v) is 18.5. The molecule has 0 spiro atoms. The fourth-order valence-electron chi connectivity index (χ4n) is 3.69. The van der Waals surface area contributed by atoms with E-state index in [1.54, 1.807) is 36.7 Å². The summed E-state index contributed by atoms with van der Waals surface area (Å²) in [5, 5.41) is 1.51. The van der Waals surface area contributed by atoms with Crippen LogP contribution in [0.2, 0.25) is 0 Å². The van der Waals surface area contributed by atoms with E-state index in [0.29, 0.717) is 17.6 Å². The second kappa shape index (κ2) is 7.77. The number of sulfonamides is 2. The lowest BCUT2D eigenvalue weighted by atomic mass is 10.1. The number of aryl methyl sites for hydroxylation is 2. The molecule has 4 rings (SSSR count). The van der Waals surface area contributed by atoms with E-state index in [2.05, 4.69) is 4.98 Å². The molecule has 1 saturated heterocycles. The summed E-state index contributed by atoms with van der Waals surface area (Å²) >= 11 is 0. The molecule has 10 heteroatoms. The Bertz CT molecular complexity index is 1270. The van der Waals surface area contributed by atoms with Crippen LogP contribution in [0.4, 0.5) is 0 Å². The summed E-state index contributed by atoms with van der Waals surface area (Å²) in [6, 6.07) is 12.6. The van der Waals surface area contributed by atoms with Gasteiger partial charge in [-0.1, -0.05) is 36.4 Å². The molecule has 1 fully saturated rings. The van der Waals surface area contributed by atoms with E-state index in [0.717, 1.165) is 5.39 Å². The Kier molecular flexibility index (Phi) is 5.43. The minimum atomic E-state index is -3.78. The third-order valence-electron chi connectivity index (χ3n) is 5.47. The molecule has 160 valence electrons. The monoisotopic (exact) mass is 448 g/mol. The largest absolute Gasteiger partial charge is 0.337 e. The van der Waals surface area contributed by atoms with Gasteiger partial charge in [-0.2, -0.15) is 8.61 Å². The third-order valence-corrected chi connectivity index (χ3v) is 9.20. The molecule has 8 nitrogen and oxygen atoms in total. The molecule has 0 N–H and O–H groups in total. The van der Waals surface area contributed by atoms with Crippen LogP contribution in [0.5, 0.6) is 0 Å². The van der Waals surface area contributed by atoms with Gasteiger partial charge in [0, 0.05) is 44.8 Å². The molecule has 2 heterocycles. The van der Waals surface area contributed by atoms with Crippen molar-refractivity contribution in [1.82, 2.24) is 18.2 Å². The van der Waals surface area contributed by atoms with Crippen molar-refractivity contribution >= 4 is 30.8 Å². The number of rotatable bonds is 4. The van der Waals surface area contributed by atoms with E-state index in [1.165, 1.54) is 14.8 Å². The smallest absolute Gasteiger partial charge is 0.262 e. The van der Waals surface area contributed by atoms with Crippen molar-refractivity contribution in [3.8, 4) is 0 Å². The molecular weight excluding hydrogens is 424 g/mol. The van der Waals surface area contributed by atoms with E-state index >= 15 is 0 Å². The molecule has 1 aromatic heterocycles. The Hall–Kier alpha value is -2.27. The van der Waals surface area contributed by atoms with Crippen LogP contribution in [0, 0.1) is 6.92 Å². The molecule has 2 aromatic carbocycles. The summed E-state index contributed by atoms with van der Waals surface area (Å²) in [7, 11) is -5.79. The van der Waals surface area contributed by atoms with Gasteiger partial charge in [0.1, 0.15) is 5.82 Å². The second-order valence-corrected chi connectivity index (χ2v) is 11.2. The van der Waals surface area contributed by atoms with Crippen LogP contribution >= 0.6 is 0 Å². The minimum absolute atomic E-state index is 0.00661. The average Bonchev–Trinajstić information content (AvgIpc) is 2.93. The normalized spacial score (nSPS) is 17.3. The first-order valence-corrected chi connectivity index (χ1v) is 12.6. The summed E-state index contributed by atoms with van der Waals surface area (Å²) in [5.41, 5.74) is 0. The molecule has 1 aliphatic heterocycles. The third kappa shape index (κ3) is 3.64. The molecule has 3 aromatic rings.